The number of rotatable bonds is 4. The van der Waals surface area contributed by atoms with Crippen LogP contribution in [0.25, 0.3) is 0 Å². The van der Waals surface area contributed by atoms with Crippen molar-refractivity contribution in [3.63, 3.8) is 0 Å². The highest BCUT2D eigenvalue weighted by atomic mass is 32.1. The standard InChI is InChI=1S/C18H17N3O4S/c1-10(22)11-3-4-13-18(9-19,17(24)25-2)14(12-5-6-26-8-12)15(16(20)23)21(13)7-11/h3-8,13-15H,1-2H3,(H2,20,23)/t13-,14-,15+,18-/m0/s1. The maximum Gasteiger partial charge on any atom is 0.329 e. The van der Waals surface area contributed by atoms with Crippen molar-refractivity contribution in [3.05, 3.63) is 46.3 Å². The minimum atomic E-state index is -1.66. The summed E-state index contributed by atoms with van der Waals surface area (Å²) >= 11 is 1.39. The third-order valence-corrected chi connectivity index (χ3v) is 5.67. The summed E-state index contributed by atoms with van der Waals surface area (Å²) in [4.78, 5) is 38.4. The van der Waals surface area contributed by atoms with Crippen molar-refractivity contribution in [1.82, 2.24) is 4.90 Å². The van der Waals surface area contributed by atoms with Crippen molar-refractivity contribution >= 4 is 29.0 Å². The van der Waals surface area contributed by atoms with Gasteiger partial charge in [0.2, 0.25) is 5.91 Å². The largest absolute Gasteiger partial charge is 0.468 e. The molecule has 0 saturated carbocycles. The van der Waals surface area contributed by atoms with Crippen LogP contribution in [0.1, 0.15) is 18.4 Å². The molecule has 1 amide bonds. The van der Waals surface area contributed by atoms with E-state index in [2.05, 4.69) is 6.07 Å². The van der Waals surface area contributed by atoms with E-state index in [0.29, 0.717) is 11.1 Å². The number of ketones is 1. The summed E-state index contributed by atoms with van der Waals surface area (Å²) in [6, 6.07) is 2.13. The van der Waals surface area contributed by atoms with Crippen LogP contribution < -0.4 is 5.73 Å². The van der Waals surface area contributed by atoms with Crippen molar-refractivity contribution in [2.75, 3.05) is 7.11 Å². The fraction of sp³-hybridized carbons (Fsp3) is 0.333. The second-order valence-corrected chi connectivity index (χ2v) is 7.03. The second-order valence-electron chi connectivity index (χ2n) is 6.25. The summed E-state index contributed by atoms with van der Waals surface area (Å²) < 4.78 is 4.95. The van der Waals surface area contributed by atoms with Crippen LogP contribution in [0.4, 0.5) is 0 Å². The van der Waals surface area contributed by atoms with Crippen LogP contribution in [0.5, 0.6) is 0 Å². The summed E-state index contributed by atoms with van der Waals surface area (Å²) in [5.74, 6) is -2.43. The van der Waals surface area contributed by atoms with Gasteiger partial charge < -0.3 is 15.4 Å². The van der Waals surface area contributed by atoms with Crippen molar-refractivity contribution in [2.45, 2.75) is 24.9 Å². The van der Waals surface area contributed by atoms with E-state index in [9.17, 15) is 19.6 Å². The Bertz CT molecular complexity index is 867. The Balaban J connectivity index is 2.28. The molecule has 0 radical (unpaired) electrons. The number of primary amides is 1. The first-order chi connectivity index (χ1) is 12.4. The number of amides is 1. The molecule has 1 aromatic rings. The van der Waals surface area contributed by atoms with Gasteiger partial charge in [0.25, 0.3) is 0 Å². The average Bonchev–Trinajstić information content (AvgIpc) is 3.24. The number of nitriles is 1. The number of thiophene rings is 1. The normalized spacial score (nSPS) is 29.5. The molecule has 2 aliphatic heterocycles. The molecule has 2 N–H and O–H groups in total. The smallest absolute Gasteiger partial charge is 0.329 e. The molecule has 0 bridgehead atoms. The van der Waals surface area contributed by atoms with Gasteiger partial charge in [-0.1, -0.05) is 12.2 Å². The maximum absolute atomic E-state index is 12.8. The predicted molar refractivity (Wildman–Crippen MR) is 93.6 cm³/mol. The summed E-state index contributed by atoms with van der Waals surface area (Å²) in [5.41, 5.74) is 5.03. The molecule has 3 rings (SSSR count). The average molecular weight is 371 g/mol. The third kappa shape index (κ3) is 2.35. The number of Topliss-reactive ketones (excluding diaryl/α,β-unsaturated/α-hetero) is 1. The fourth-order valence-corrected chi connectivity index (χ4v) is 4.53. The van der Waals surface area contributed by atoms with Gasteiger partial charge in [-0.3, -0.25) is 14.4 Å². The Morgan fingerprint density at radius 1 is 1.42 bits per heavy atom. The van der Waals surface area contributed by atoms with Gasteiger partial charge in [-0.25, -0.2) is 0 Å². The molecule has 7 nitrogen and oxygen atoms in total. The number of carbonyl (C=O) groups excluding carboxylic acids is 3. The van der Waals surface area contributed by atoms with Crippen LogP contribution in [0.2, 0.25) is 0 Å². The Kier molecular flexibility index (Phi) is 4.42. The zero-order valence-corrected chi connectivity index (χ0v) is 15.0. The predicted octanol–water partition coefficient (Wildman–Crippen LogP) is 1.10. The SMILES string of the molecule is COC(=O)[C@@]1(C#N)[C@@H]2C=CC(C(C)=O)=CN2[C@@H](C(N)=O)[C@@H]1c1ccsc1. The summed E-state index contributed by atoms with van der Waals surface area (Å²) in [7, 11) is 1.21. The minimum Gasteiger partial charge on any atom is -0.468 e. The first kappa shape index (κ1) is 17.9. The van der Waals surface area contributed by atoms with Gasteiger partial charge in [0.05, 0.1) is 19.2 Å². The molecule has 1 saturated heterocycles. The summed E-state index contributed by atoms with van der Waals surface area (Å²) in [6.45, 7) is 1.40. The Hall–Kier alpha value is -2.92. The molecule has 4 atom stereocenters. The highest BCUT2D eigenvalue weighted by Gasteiger charge is 2.66. The topological polar surface area (TPSA) is 113 Å². The molecule has 3 heterocycles. The van der Waals surface area contributed by atoms with Crippen LogP contribution in [0.15, 0.2) is 40.8 Å². The number of fused-ring (bicyclic) bond motifs is 1. The van der Waals surface area contributed by atoms with Gasteiger partial charge in [-0.05, 0) is 29.3 Å². The molecular weight excluding hydrogens is 354 g/mol. The van der Waals surface area contributed by atoms with Gasteiger partial charge in [-0.15, -0.1) is 0 Å². The molecule has 0 aliphatic carbocycles. The highest BCUT2D eigenvalue weighted by Crippen LogP contribution is 2.53. The van der Waals surface area contributed by atoms with Gasteiger partial charge in [0.1, 0.15) is 6.04 Å². The molecule has 26 heavy (non-hydrogen) atoms. The molecule has 1 aromatic heterocycles. The van der Waals surface area contributed by atoms with Crippen LogP contribution >= 0.6 is 11.3 Å². The first-order valence-corrected chi connectivity index (χ1v) is 8.82. The van der Waals surface area contributed by atoms with Crippen LogP contribution in [-0.2, 0) is 19.1 Å². The zero-order chi connectivity index (χ0) is 19.1. The minimum absolute atomic E-state index is 0.192. The van der Waals surface area contributed by atoms with Crippen LogP contribution in [0.3, 0.4) is 0 Å². The third-order valence-electron chi connectivity index (χ3n) is 4.97. The molecule has 0 unspecified atom stereocenters. The van der Waals surface area contributed by atoms with Crippen molar-refractivity contribution in [2.24, 2.45) is 11.1 Å². The van der Waals surface area contributed by atoms with E-state index in [1.165, 1.54) is 31.6 Å². The van der Waals surface area contributed by atoms with E-state index in [1.54, 1.807) is 33.9 Å². The fourth-order valence-electron chi connectivity index (χ4n) is 3.84. The van der Waals surface area contributed by atoms with Gasteiger partial charge in [-0.2, -0.15) is 16.6 Å². The van der Waals surface area contributed by atoms with E-state index < -0.39 is 35.3 Å². The second kappa shape index (κ2) is 6.42. The zero-order valence-electron chi connectivity index (χ0n) is 14.2. The number of methoxy groups -OCH3 is 1. The Labute approximate surface area is 154 Å². The summed E-state index contributed by atoms with van der Waals surface area (Å²) in [5, 5.41) is 13.6. The Morgan fingerprint density at radius 2 is 2.15 bits per heavy atom. The van der Waals surface area contributed by atoms with Crippen LogP contribution in [0, 0.1) is 16.7 Å². The lowest BCUT2D eigenvalue weighted by Gasteiger charge is -2.32. The van der Waals surface area contributed by atoms with Gasteiger partial charge in [0.15, 0.2) is 11.2 Å². The maximum atomic E-state index is 12.8. The highest BCUT2D eigenvalue weighted by molar-refractivity contribution is 7.08. The molecular formula is C18H17N3O4S. The van der Waals surface area contributed by atoms with Gasteiger partial charge in [0, 0.05) is 17.7 Å². The summed E-state index contributed by atoms with van der Waals surface area (Å²) in [6.07, 6.45) is 4.66. The molecule has 0 spiro atoms. The molecule has 134 valence electrons. The lowest BCUT2D eigenvalue weighted by atomic mass is 9.69. The van der Waals surface area contributed by atoms with E-state index in [4.69, 9.17) is 10.5 Å². The van der Waals surface area contributed by atoms with Gasteiger partial charge >= 0.3 is 5.97 Å². The van der Waals surface area contributed by atoms with Crippen LogP contribution in [-0.4, -0.2) is 41.8 Å². The first-order valence-electron chi connectivity index (χ1n) is 7.88. The van der Waals surface area contributed by atoms with Crippen molar-refractivity contribution in [3.8, 4) is 6.07 Å². The number of allylic oxidation sites excluding steroid dienone is 2. The Morgan fingerprint density at radius 3 is 2.65 bits per heavy atom. The number of esters is 1. The quantitative estimate of drug-likeness (QED) is 0.793. The van der Waals surface area contributed by atoms with Crippen molar-refractivity contribution in [1.29, 1.82) is 5.26 Å². The van der Waals surface area contributed by atoms with E-state index in [-0.39, 0.29) is 5.78 Å². The number of nitrogens with zero attached hydrogens (tertiary/aromatic N) is 2. The number of ether oxygens (including phenoxy) is 1. The molecule has 0 aromatic carbocycles. The number of nitrogens with two attached hydrogens (primary N) is 1. The lowest BCUT2D eigenvalue weighted by Crippen LogP contribution is -2.45. The van der Waals surface area contributed by atoms with Crippen molar-refractivity contribution < 1.29 is 19.1 Å². The monoisotopic (exact) mass is 371 g/mol. The van der Waals surface area contributed by atoms with E-state index in [1.807, 2.05) is 0 Å². The van der Waals surface area contributed by atoms with E-state index >= 15 is 0 Å². The molecule has 8 heteroatoms. The number of hydrogen-bond donors (Lipinski definition) is 1. The molecule has 2 aliphatic rings. The number of hydrogen-bond acceptors (Lipinski definition) is 7. The molecule has 1 fully saturated rings. The number of carbonyl (C=O) groups is 3. The van der Waals surface area contributed by atoms with E-state index in [0.717, 1.165) is 0 Å². The lowest BCUT2D eigenvalue weighted by molar-refractivity contribution is -0.150.